The fourth-order valence-electron chi connectivity index (χ4n) is 2.90. The Bertz CT molecular complexity index is 1220. The van der Waals surface area contributed by atoms with E-state index in [1.807, 2.05) is 13.0 Å². The Morgan fingerprint density at radius 2 is 1.94 bits per heavy atom. The number of nitriles is 1. The van der Waals surface area contributed by atoms with Crippen LogP contribution >= 0.6 is 27.5 Å². The Morgan fingerprint density at radius 3 is 2.61 bits per heavy atom. The van der Waals surface area contributed by atoms with Crippen LogP contribution in [-0.4, -0.2) is 12.5 Å². The minimum absolute atomic E-state index is 0.0901. The molecule has 5 nitrogen and oxygen atoms in total. The number of carbonyl (C=O) groups excluding carboxylic acids is 1. The van der Waals surface area contributed by atoms with E-state index in [0.29, 0.717) is 44.4 Å². The van der Waals surface area contributed by atoms with E-state index in [1.165, 1.54) is 18.2 Å². The summed E-state index contributed by atoms with van der Waals surface area (Å²) in [5.41, 5.74) is 1.65. The summed E-state index contributed by atoms with van der Waals surface area (Å²) in [5.74, 6) is -0.0470. The Balaban J connectivity index is 1.84. The van der Waals surface area contributed by atoms with Crippen LogP contribution in [0.15, 0.2) is 70.7 Å². The zero-order valence-corrected chi connectivity index (χ0v) is 19.9. The Labute approximate surface area is 204 Å². The van der Waals surface area contributed by atoms with Gasteiger partial charge >= 0.3 is 0 Å². The lowest BCUT2D eigenvalue weighted by Crippen LogP contribution is -2.13. The predicted octanol–water partition coefficient (Wildman–Crippen LogP) is 6.76. The lowest BCUT2D eigenvalue weighted by Gasteiger charge is -2.15. The summed E-state index contributed by atoms with van der Waals surface area (Å²) in [4.78, 5) is 12.5. The highest BCUT2D eigenvalue weighted by atomic mass is 79.9. The van der Waals surface area contributed by atoms with E-state index in [4.69, 9.17) is 21.1 Å². The summed E-state index contributed by atoms with van der Waals surface area (Å²) in [6.45, 7) is 2.34. The normalized spacial score (nSPS) is 10.9. The first-order valence-corrected chi connectivity index (χ1v) is 11.1. The van der Waals surface area contributed by atoms with Gasteiger partial charge in [-0.15, -0.1) is 0 Å². The molecule has 0 aliphatic carbocycles. The maximum Gasteiger partial charge on any atom is 0.266 e. The molecular weight excluding hydrogens is 511 g/mol. The number of nitrogens with zero attached hydrogens (tertiary/aromatic N) is 1. The molecule has 0 aromatic heterocycles. The molecule has 0 atom stereocenters. The van der Waals surface area contributed by atoms with E-state index in [2.05, 4.69) is 21.2 Å². The summed E-state index contributed by atoms with van der Waals surface area (Å²) in [7, 11) is 0. The Kier molecular flexibility index (Phi) is 8.47. The van der Waals surface area contributed by atoms with E-state index < -0.39 is 5.91 Å². The van der Waals surface area contributed by atoms with Crippen molar-refractivity contribution in [2.75, 3.05) is 11.9 Å². The zero-order chi connectivity index (χ0) is 23.8. The molecule has 0 aliphatic heterocycles. The first-order valence-electron chi connectivity index (χ1n) is 9.92. The van der Waals surface area contributed by atoms with Crippen LogP contribution in [0.1, 0.15) is 18.1 Å². The number of carbonyl (C=O) groups is 1. The highest BCUT2D eigenvalue weighted by Gasteiger charge is 2.15. The molecule has 0 unspecified atom stereocenters. The van der Waals surface area contributed by atoms with Crippen LogP contribution in [0.3, 0.4) is 0 Å². The Morgan fingerprint density at radius 1 is 1.18 bits per heavy atom. The number of hydrogen-bond acceptors (Lipinski definition) is 4. The van der Waals surface area contributed by atoms with Crippen LogP contribution in [0, 0.1) is 17.1 Å². The standard InChI is InChI=1S/C25H19BrClFN2O3/c1-2-32-23-13-17(10-18(14-29)25(31)30-21-8-6-19(27)7-9-21)12-22(26)24(23)33-15-16-4-3-5-20(28)11-16/h3-13H,2,15H2,1H3,(H,30,31)/b18-10+. The third-order valence-electron chi connectivity index (χ3n) is 4.38. The molecule has 3 aromatic rings. The number of halogens is 3. The highest BCUT2D eigenvalue weighted by molar-refractivity contribution is 9.10. The van der Waals surface area contributed by atoms with Crippen LogP contribution in [0.2, 0.25) is 5.02 Å². The van der Waals surface area contributed by atoms with Gasteiger partial charge in [0.05, 0.1) is 11.1 Å². The minimum atomic E-state index is -0.555. The lowest BCUT2D eigenvalue weighted by molar-refractivity contribution is -0.112. The number of rotatable bonds is 8. The fraction of sp³-hybridized carbons (Fsp3) is 0.120. The van der Waals surface area contributed by atoms with Gasteiger partial charge in [0.15, 0.2) is 11.5 Å². The highest BCUT2D eigenvalue weighted by Crippen LogP contribution is 2.38. The van der Waals surface area contributed by atoms with Crippen molar-refractivity contribution < 1.29 is 18.7 Å². The molecule has 3 rings (SSSR count). The SMILES string of the molecule is CCOc1cc(/C=C(\C#N)C(=O)Nc2ccc(Cl)cc2)cc(Br)c1OCc1cccc(F)c1. The zero-order valence-electron chi connectivity index (χ0n) is 17.6. The van der Waals surface area contributed by atoms with Crippen LogP contribution < -0.4 is 14.8 Å². The van der Waals surface area contributed by atoms with Gasteiger partial charge in [0, 0.05) is 10.7 Å². The van der Waals surface area contributed by atoms with Gasteiger partial charge in [-0.3, -0.25) is 4.79 Å². The summed E-state index contributed by atoms with van der Waals surface area (Å²) < 4.78 is 25.6. The molecule has 0 fully saturated rings. The number of hydrogen-bond donors (Lipinski definition) is 1. The molecule has 0 spiro atoms. The molecule has 0 aliphatic rings. The van der Waals surface area contributed by atoms with Crippen molar-refractivity contribution in [2.24, 2.45) is 0 Å². The van der Waals surface area contributed by atoms with Crippen LogP contribution in [-0.2, 0) is 11.4 Å². The van der Waals surface area contributed by atoms with Crippen molar-refractivity contribution in [1.29, 1.82) is 5.26 Å². The smallest absolute Gasteiger partial charge is 0.266 e. The van der Waals surface area contributed by atoms with E-state index >= 15 is 0 Å². The first-order chi connectivity index (χ1) is 15.9. The minimum Gasteiger partial charge on any atom is -0.490 e. The van der Waals surface area contributed by atoms with Gasteiger partial charge in [0.25, 0.3) is 5.91 Å². The monoisotopic (exact) mass is 528 g/mol. The predicted molar refractivity (Wildman–Crippen MR) is 130 cm³/mol. The average molecular weight is 530 g/mol. The number of benzene rings is 3. The molecule has 168 valence electrons. The van der Waals surface area contributed by atoms with Gasteiger partial charge in [-0.1, -0.05) is 23.7 Å². The van der Waals surface area contributed by atoms with Gasteiger partial charge in [0.1, 0.15) is 24.1 Å². The van der Waals surface area contributed by atoms with Gasteiger partial charge in [-0.2, -0.15) is 5.26 Å². The largest absolute Gasteiger partial charge is 0.490 e. The van der Waals surface area contributed by atoms with Crippen molar-refractivity contribution in [3.8, 4) is 17.6 Å². The molecular formula is C25H19BrClFN2O3. The van der Waals surface area contributed by atoms with Gasteiger partial charge in [0.2, 0.25) is 0 Å². The lowest BCUT2D eigenvalue weighted by atomic mass is 10.1. The fourth-order valence-corrected chi connectivity index (χ4v) is 3.60. The molecule has 0 saturated heterocycles. The summed E-state index contributed by atoms with van der Waals surface area (Å²) in [5, 5.41) is 12.7. The Hall–Kier alpha value is -3.34. The van der Waals surface area contributed by atoms with Gasteiger partial charge in [-0.05, 0) is 88.6 Å². The van der Waals surface area contributed by atoms with E-state index in [-0.39, 0.29) is 18.0 Å². The molecule has 33 heavy (non-hydrogen) atoms. The molecule has 0 saturated carbocycles. The molecule has 0 radical (unpaired) electrons. The molecule has 1 N–H and O–H groups in total. The van der Waals surface area contributed by atoms with Crippen LogP contribution in [0.4, 0.5) is 10.1 Å². The van der Waals surface area contributed by atoms with Crippen LogP contribution in [0.25, 0.3) is 6.08 Å². The number of anilines is 1. The number of nitrogens with one attached hydrogen (secondary N) is 1. The van der Waals surface area contributed by atoms with Crippen molar-refractivity contribution in [3.05, 3.63) is 92.7 Å². The second-order valence-electron chi connectivity index (χ2n) is 6.81. The van der Waals surface area contributed by atoms with Gasteiger partial charge in [-0.25, -0.2) is 4.39 Å². The third kappa shape index (κ3) is 6.82. The molecule has 8 heteroatoms. The summed E-state index contributed by atoms with van der Waals surface area (Å²) in [6, 6.07) is 18.0. The third-order valence-corrected chi connectivity index (χ3v) is 5.22. The maximum atomic E-state index is 13.4. The molecule has 0 bridgehead atoms. The van der Waals surface area contributed by atoms with Crippen molar-refractivity contribution in [3.63, 3.8) is 0 Å². The molecule has 0 heterocycles. The second-order valence-corrected chi connectivity index (χ2v) is 8.10. The van der Waals surface area contributed by atoms with Crippen LogP contribution in [0.5, 0.6) is 11.5 Å². The van der Waals surface area contributed by atoms with Gasteiger partial charge < -0.3 is 14.8 Å². The topological polar surface area (TPSA) is 71.3 Å². The van der Waals surface area contributed by atoms with Crippen molar-refractivity contribution >= 4 is 45.2 Å². The first kappa shape index (κ1) is 24.3. The van der Waals surface area contributed by atoms with Crippen molar-refractivity contribution in [2.45, 2.75) is 13.5 Å². The van der Waals surface area contributed by atoms with E-state index in [0.717, 1.165) is 0 Å². The second kappa shape index (κ2) is 11.5. The van der Waals surface area contributed by atoms with E-state index in [1.54, 1.807) is 48.5 Å². The molecule has 3 aromatic carbocycles. The quantitative estimate of drug-likeness (QED) is 0.258. The maximum absolute atomic E-state index is 13.4. The van der Waals surface area contributed by atoms with Crippen molar-refractivity contribution in [1.82, 2.24) is 0 Å². The summed E-state index contributed by atoms with van der Waals surface area (Å²) in [6.07, 6.45) is 1.45. The average Bonchev–Trinajstić information content (AvgIpc) is 2.78. The summed E-state index contributed by atoms with van der Waals surface area (Å²) >= 11 is 9.32. The number of ether oxygens (including phenoxy) is 2. The molecule has 1 amide bonds. The van der Waals surface area contributed by atoms with E-state index in [9.17, 15) is 14.4 Å². The number of amides is 1.